The van der Waals surface area contributed by atoms with E-state index in [9.17, 15) is 0 Å². The lowest BCUT2D eigenvalue weighted by molar-refractivity contribution is 0.0104. The summed E-state index contributed by atoms with van der Waals surface area (Å²) in [4.78, 5) is 4.64. The molecule has 3 nitrogen and oxygen atoms in total. The molecule has 108 valence electrons. The third-order valence-corrected chi connectivity index (χ3v) is 5.28. The van der Waals surface area contributed by atoms with Gasteiger partial charge < -0.3 is 10.1 Å². The molecule has 0 spiro atoms. The molecule has 2 rings (SSSR count). The molecule has 0 unspecified atom stereocenters. The van der Waals surface area contributed by atoms with E-state index in [1.807, 2.05) is 0 Å². The smallest absolute Gasteiger partial charge is 0.113 e. The minimum atomic E-state index is 0.00753. The summed E-state index contributed by atoms with van der Waals surface area (Å²) in [5.41, 5.74) is 1.13. The van der Waals surface area contributed by atoms with Crippen molar-refractivity contribution in [3.63, 3.8) is 0 Å². The van der Waals surface area contributed by atoms with Crippen molar-refractivity contribution in [1.82, 2.24) is 10.3 Å². The van der Waals surface area contributed by atoms with E-state index in [1.54, 1.807) is 11.3 Å². The first-order valence-corrected chi connectivity index (χ1v) is 8.31. The molecule has 0 aliphatic carbocycles. The lowest BCUT2D eigenvalue weighted by atomic mass is 9.99. The van der Waals surface area contributed by atoms with Crippen molar-refractivity contribution in [3.8, 4) is 0 Å². The average molecular weight is 282 g/mol. The molecule has 1 aromatic rings. The second-order valence-electron chi connectivity index (χ2n) is 5.68. The second-order valence-corrected chi connectivity index (χ2v) is 6.54. The minimum Gasteiger partial charge on any atom is -0.378 e. The van der Waals surface area contributed by atoms with Gasteiger partial charge in [-0.3, -0.25) is 0 Å². The van der Waals surface area contributed by atoms with E-state index in [0.717, 1.165) is 31.7 Å². The molecule has 2 atom stereocenters. The summed E-state index contributed by atoms with van der Waals surface area (Å²) in [7, 11) is 0. The minimum absolute atomic E-state index is 0.00753. The lowest BCUT2D eigenvalue weighted by Gasteiger charge is -2.29. The monoisotopic (exact) mass is 282 g/mol. The van der Waals surface area contributed by atoms with Gasteiger partial charge in [0.15, 0.2) is 0 Å². The van der Waals surface area contributed by atoms with Gasteiger partial charge in [-0.05, 0) is 52.5 Å². The normalized spacial score (nSPS) is 23.2. The Morgan fingerprint density at radius 1 is 1.53 bits per heavy atom. The lowest BCUT2D eigenvalue weighted by Crippen LogP contribution is -2.40. The van der Waals surface area contributed by atoms with Crippen LogP contribution in [0.4, 0.5) is 0 Å². The van der Waals surface area contributed by atoms with E-state index < -0.39 is 0 Å². The zero-order valence-electron chi connectivity index (χ0n) is 12.4. The molecular formula is C15H26N2OS. The Labute approximate surface area is 120 Å². The van der Waals surface area contributed by atoms with Crippen LogP contribution in [0, 0.1) is 6.92 Å². The number of rotatable bonds is 6. The number of nitrogens with one attached hydrogen (secondary N) is 1. The summed E-state index contributed by atoms with van der Waals surface area (Å²) in [6.45, 7) is 8.49. The van der Waals surface area contributed by atoms with Crippen LogP contribution in [0.3, 0.4) is 0 Å². The number of hydrogen-bond donors (Lipinski definition) is 1. The van der Waals surface area contributed by atoms with Gasteiger partial charge in [0.05, 0.1) is 11.6 Å². The van der Waals surface area contributed by atoms with Gasteiger partial charge in [0.2, 0.25) is 0 Å². The van der Waals surface area contributed by atoms with Crippen LogP contribution in [0.25, 0.3) is 0 Å². The number of thiazole rings is 1. The number of ether oxygens (including phenoxy) is 1. The van der Waals surface area contributed by atoms with E-state index in [0.29, 0.717) is 6.10 Å². The Hall–Kier alpha value is -0.450. The standard InChI is InChI=1S/C15H26N2OS/c1-4-15(3,14-17-12(2)11-19-14)16-9-8-13-7-5-6-10-18-13/h11,13,16H,4-10H2,1-3H3/t13-,15+/m0/s1. The van der Waals surface area contributed by atoms with Crippen molar-refractivity contribution >= 4 is 11.3 Å². The van der Waals surface area contributed by atoms with Crippen LogP contribution in [-0.4, -0.2) is 24.2 Å². The Morgan fingerprint density at radius 2 is 2.37 bits per heavy atom. The predicted octanol–water partition coefficient (Wildman–Crippen LogP) is 3.63. The van der Waals surface area contributed by atoms with Gasteiger partial charge in [-0.25, -0.2) is 4.98 Å². The van der Waals surface area contributed by atoms with Crippen molar-refractivity contribution < 1.29 is 4.74 Å². The maximum atomic E-state index is 5.78. The molecule has 1 fully saturated rings. The molecule has 0 saturated carbocycles. The van der Waals surface area contributed by atoms with Gasteiger partial charge in [-0.2, -0.15) is 0 Å². The molecule has 0 radical (unpaired) electrons. The topological polar surface area (TPSA) is 34.1 Å². The van der Waals surface area contributed by atoms with Crippen LogP contribution in [0.1, 0.15) is 56.7 Å². The van der Waals surface area contributed by atoms with Crippen molar-refractivity contribution in [2.24, 2.45) is 0 Å². The third kappa shape index (κ3) is 4.01. The molecule has 4 heteroatoms. The Bertz CT molecular complexity index is 387. The Balaban J connectivity index is 1.84. The highest BCUT2D eigenvalue weighted by molar-refractivity contribution is 7.09. The van der Waals surface area contributed by atoms with Crippen LogP contribution < -0.4 is 5.32 Å². The van der Waals surface area contributed by atoms with E-state index in [4.69, 9.17) is 4.74 Å². The highest BCUT2D eigenvalue weighted by Crippen LogP contribution is 2.27. The molecule has 1 N–H and O–H groups in total. The fourth-order valence-corrected chi connectivity index (χ4v) is 3.51. The van der Waals surface area contributed by atoms with Crippen LogP contribution in [0.5, 0.6) is 0 Å². The maximum Gasteiger partial charge on any atom is 0.113 e. The molecule has 1 aliphatic rings. The summed E-state index contributed by atoms with van der Waals surface area (Å²) < 4.78 is 5.78. The first kappa shape index (κ1) is 14.9. The summed E-state index contributed by atoms with van der Waals surface area (Å²) in [6.07, 6.45) is 6.41. The third-order valence-electron chi connectivity index (χ3n) is 4.05. The molecule has 0 bridgehead atoms. The van der Waals surface area contributed by atoms with Crippen molar-refractivity contribution in [2.45, 2.75) is 64.5 Å². The summed E-state index contributed by atoms with van der Waals surface area (Å²) >= 11 is 1.76. The van der Waals surface area contributed by atoms with Crippen LogP contribution >= 0.6 is 11.3 Å². The van der Waals surface area contributed by atoms with Crippen molar-refractivity contribution in [1.29, 1.82) is 0 Å². The summed E-state index contributed by atoms with van der Waals surface area (Å²) in [5.74, 6) is 0. The molecule has 1 saturated heterocycles. The van der Waals surface area contributed by atoms with Gasteiger partial charge in [-0.1, -0.05) is 6.92 Å². The second kappa shape index (κ2) is 6.82. The molecule has 0 amide bonds. The number of hydrogen-bond acceptors (Lipinski definition) is 4. The molecule has 1 aliphatic heterocycles. The van der Waals surface area contributed by atoms with E-state index in [-0.39, 0.29) is 5.54 Å². The number of aryl methyl sites for hydroxylation is 1. The quantitative estimate of drug-likeness (QED) is 0.865. The number of nitrogens with zero attached hydrogens (tertiary/aromatic N) is 1. The Morgan fingerprint density at radius 3 is 2.95 bits per heavy atom. The highest BCUT2D eigenvalue weighted by Gasteiger charge is 2.27. The highest BCUT2D eigenvalue weighted by atomic mass is 32.1. The fourth-order valence-electron chi connectivity index (χ4n) is 2.50. The van der Waals surface area contributed by atoms with E-state index in [2.05, 4.69) is 36.5 Å². The van der Waals surface area contributed by atoms with Gasteiger partial charge in [0, 0.05) is 17.7 Å². The van der Waals surface area contributed by atoms with Crippen LogP contribution in [0.15, 0.2) is 5.38 Å². The number of aromatic nitrogens is 1. The first-order valence-electron chi connectivity index (χ1n) is 7.43. The van der Waals surface area contributed by atoms with E-state index in [1.165, 1.54) is 24.3 Å². The SMILES string of the molecule is CC[C@@](C)(NCC[C@@H]1CCCCO1)c1nc(C)cs1. The summed E-state index contributed by atoms with van der Waals surface area (Å²) in [6, 6.07) is 0. The average Bonchev–Trinajstić information content (AvgIpc) is 2.87. The molecule has 2 heterocycles. The Kier molecular flexibility index (Phi) is 5.37. The molecule has 19 heavy (non-hydrogen) atoms. The fraction of sp³-hybridized carbons (Fsp3) is 0.800. The molecule has 0 aromatic carbocycles. The zero-order chi connectivity index (χ0) is 13.7. The molecule has 1 aromatic heterocycles. The van der Waals surface area contributed by atoms with Crippen LogP contribution in [-0.2, 0) is 10.3 Å². The first-order chi connectivity index (χ1) is 9.14. The van der Waals surface area contributed by atoms with E-state index >= 15 is 0 Å². The summed E-state index contributed by atoms with van der Waals surface area (Å²) in [5, 5.41) is 7.03. The van der Waals surface area contributed by atoms with Gasteiger partial charge in [-0.15, -0.1) is 11.3 Å². The van der Waals surface area contributed by atoms with Gasteiger partial charge in [0.1, 0.15) is 5.01 Å². The zero-order valence-corrected chi connectivity index (χ0v) is 13.2. The van der Waals surface area contributed by atoms with Gasteiger partial charge in [0.25, 0.3) is 0 Å². The van der Waals surface area contributed by atoms with Crippen molar-refractivity contribution in [3.05, 3.63) is 16.1 Å². The predicted molar refractivity (Wildman–Crippen MR) is 80.7 cm³/mol. The van der Waals surface area contributed by atoms with Gasteiger partial charge >= 0.3 is 0 Å². The largest absolute Gasteiger partial charge is 0.378 e. The maximum absolute atomic E-state index is 5.78. The molecular weight excluding hydrogens is 256 g/mol. The van der Waals surface area contributed by atoms with Crippen LogP contribution in [0.2, 0.25) is 0 Å². The van der Waals surface area contributed by atoms with Crippen molar-refractivity contribution in [2.75, 3.05) is 13.2 Å².